The molecule has 0 saturated carbocycles. The van der Waals surface area contributed by atoms with E-state index < -0.39 is 17.9 Å². The second-order valence-corrected chi connectivity index (χ2v) is 4.28. The van der Waals surface area contributed by atoms with Gasteiger partial charge in [0.25, 0.3) is 5.91 Å². The molecule has 2 aromatic rings. The number of rotatable bonds is 4. The number of carbonyl (C=O) groups is 2. The van der Waals surface area contributed by atoms with Crippen molar-refractivity contribution in [3.05, 3.63) is 47.2 Å². The first-order chi connectivity index (χ1) is 9.49. The quantitative estimate of drug-likeness (QED) is 0.850. The fourth-order valence-electron chi connectivity index (χ4n) is 1.72. The standard InChI is InChI=1S/C13H14N4O3/c1-7-5-3-4-6-9(7)12(19)15-10(11(14)18)13-17-16-8(2)20-13/h3-6,10H,1-2H3,(H2,14,18)(H,15,19)/t10-/m1/s1. The van der Waals surface area contributed by atoms with Gasteiger partial charge >= 0.3 is 0 Å². The summed E-state index contributed by atoms with van der Waals surface area (Å²) in [6, 6.07) is 5.85. The Morgan fingerprint density at radius 3 is 2.50 bits per heavy atom. The SMILES string of the molecule is Cc1nnc([C@H](NC(=O)c2ccccc2C)C(N)=O)o1. The number of aromatic nitrogens is 2. The average molecular weight is 274 g/mol. The van der Waals surface area contributed by atoms with Crippen molar-refractivity contribution in [3.8, 4) is 0 Å². The number of benzene rings is 1. The number of nitrogens with one attached hydrogen (secondary N) is 1. The Hall–Kier alpha value is -2.70. The van der Waals surface area contributed by atoms with Gasteiger partial charge < -0.3 is 15.5 Å². The van der Waals surface area contributed by atoms with Gasteiger partial charge in [-0.3, -0.25) is 9.59 Å². The van der Waals surface area contributed by atoms with Crippen LogP contribution in [0.3, 0.4) is 0 Å². The molecular formula is C13H14N4O3. The second-order valence-electron chi connectivity index (χ2n) is 4.28. The summed E-state index contributed by atoms with van der Waals surface area (Å²) in [4.78, 5) is 23.6. The molecule has 0 aliphatic heterocycles. The Balaban J connectivity index is 2.23. The molecule has 20 heavy (non-hydrogen) atoms. The minimum Gasteiger partial charge on any atom is -0.423 e. The predicted molar refractivity (Wildman–Crippen MR) is 69.6 cm³/mol. The Kier molecular flexibility index (Phi) is 3.79. The van der Waals surface area contributed by atoms with Gasteiger partial charge in [-0.1, -0.05) is 18.2 Å². The molecule has 2 rings (SSSR count). The van der Waals surface area contributed by atoms with Gasteiger partial charge in [0.1, 0.15) is 0 Å². The Morgan fingerprint density at radius 1 is 1.25 bits per heavy atom. The summed E-state index contributed by atoms with van der Waals surface area (Å²) < 4.78 is 5.14. The first-order valence-electron chi connectivity index (χ1n) is 5.95. The van der Waals surface area contributed by atoms with Crippen LogP contribution < -0.4 is 11.1 Å². The van der Waals surface area contributed by atoms with Gasteiger partial charge in [0, 0.05) is 12.5 Å². The van der Waals surface area contributed by atoms with E-state index in [-0.39, 0.29) is 11.8 Å². The van der Waals surface area contributed by atoms with Crippen molar-refractivity contribution in [1.29, 1.82) is 0 Å². The lowest BCUT2D eigenvalue weighted by Gasteiger charge is -2.12. The second kappa shape index (κ2) is 5.52. The molecule has 0 aliphatic carbocycles. The lowest BCUT2D eigenvalue weighted by atomic mass is 10.1. The molecule has 0 saturated heterocycles. The molecule has 0 aliphatic rings. The molecule has 7 nitrogen and oxygen atoms in total. The summed E-state index contributed by atoms with van der Waals surface area (Å²) in [7, 11) is 0. The fourth-order valence-corrected chi connectivity index (χ4v) is 1.72. The highest BCUT2D eigenvalue weighted by Gasteiger charge is 2.26. The number of nitrogens with two attached hydrogens (primary N) is 1. The highest BCUT2D eigenvalue weighted by atomic mass is 16.4. The van der Waals surface area contributed by atoms with Crippen molar-refractivity contribution < 1.29 is 14.0 Å². The van der Waals surface area contributed by atoms with Gasteiger partial charge in [-0.15, -0.1) is 10.2 Å². The lowest BCUT2D eigenvalue weighted by Crippen LogP contribution is -2.38. The zero-order valence-corrected chi connectivity index (χ0v) is 11.1. The summed E-state index contributed by atoms with van der Waals surface area (Å²) >= 11 is 0. The van der Waals surface area contributed by atoms with Crippen LogP contribution in [0.1, 0.15) is 33.7 Å². The van der Waals surface area contributed by atoms with Gasteiger partial charge in [0.15, 0.2) is 6.04 Å². The summed E-state index contributed by atoms with van der Waals surface area (Å²) in [6.07, 6.45) is 0. The van der Waals surface area contributed by atoms with Crippen LogP contribution in [0.15, 0.2) is 28.7 Å². The zero-order valence-electron chi connectivity index (χ0n) is 11.1. The molecule has 1 atom stereocenters. The molecule has 2 amide bonds. The number of carbonyl (C=O) groups excluding carboxylic acids is 2. The minimum atomic E-state index is -1.15. The van der Waals surface area contributed by atoms with E-state index in [0.717, 1.165) is 5.56 Å². The number of nitrogens with zero attached hydrogens (tertiary/aromatic N) is 2. The molecule has 1 aromatic carbocycles. The van der Waals surface area contributed by atoms with Gasteiger partial charge in [0.2, 0.25) is 17.7 Å². The largest absolute Gasteiger partial charge is 0.423 e. The molecule has 3 N–H and O–H groups in total. The van der Waals surface area contributed by atoms with E-state index in [4.69, 9.17) is 10.2 Å². The zero-order chi connectivity index (χ0) is 14.7. The third-order valence-corrected chi connectivity index (χ3v) is 2.74. The van der Waals surface area contributed by atoms with E-state index in [9.17, 15) is 9.59 Å². The first kappa shape index (κ1) is 13.7. The van der Waals surface area contributed by atoms with E-state index in [1.807, 2.05) is 6.07 Å². The van der Waals surface area contributed by atoms with Gasteiger partial charge in [-0.05, 0) is 18.6 Å². The van der Waals surface area contributed by atoms with Gasteiger partial charge in [-0.25, -0.2) is 0 Å². The van der Waals surface area contributed by atoms with Crippen LogP contribution in [0.25, 0.3) is 0 Å². The van der Waals surface area contributed by atoms with Crippen molar-refractivity contribution >= 4 is 11.8 Å². The molecule has 0 radical (unpaired) electrons. The number of amides is 2. The first-order valence-corrected chi connectivity index (χ1v) is 5.95. The van der Waals surface area contributed by atoms with Crippen LogP contribution in [-0.2, 0) is 4.79 Å². The predicted octanol–water partition coefficient (Wildman–Crippen LogP) is 0.643. The van der Waals surface area contributed by atoms with Crippen molar-refractivity contribution in [2.45, 2.75) is 19.9 Å². The Labute approximate surface area is 115 Å². The minimum absolute atomic E-state index is 0.0306. The highest BCUT2D eigenvalue weighted by Crippen LogP contribution is 2.13. The van der Waals surface area contributed by atoms with Crippen LogP contribution in [-0.4, -0.2) is 22.0 Å². The maximum Gasteiger partial charge on any atom is 0.252 e. The molecule has 0 fully saturated rings. The number of hydrogen-bond donors (Lipinski definition) is 2. The normalized spacial score (nSPS) is 11.9. The van der Waals surface area contributed by atoms with Crippen LogP contribution in [0.2, 0.25) is 0 Å². The van der Waals surface area contributed by atoms with Crippen LogP contribution in [0.4, 0.5) is 0 Å². The highest BCUT2D eigenvalue weighted by molar-refractivity contribution is 5.98. The molecule has 0 spiro atoms. The molecular weight excluding hydrogens is 260 g/mol. The Bertz CT molecular complexity index is 651. The van der Waals surface area contributed by atoms with Crippen molar-refractivity contribution in [3.63, 3.8) is 0 Å². The smallest absolute Gasteiger partial charge is 0.252 e. The summed E-state index contributed by atoms with van der Waals surface area (Å²) in [5, 5.41) is 9.81. The van der Waals surface area contributed by atoms with Gasteiger partial charge in [0.05, 0.1) is 0 Å². The summed E-state index contributed by atoms with van der Waals surface area (Å²) in [6.45, 7) is 3.38. The van der Waals surface area contributed by atoms with Crippen LogP contribution in [0, 0.1) is 13.8 Å². The molecule has 7 heteroatoms. The molecule has 1 aromatic heterocycles. The lowest BCUT2D eigenvalue weighted by molar-refractivity contribution is -0.120. The van der Waals surface area contributed by atoms with Crippen LogP contribution >= 0.6 is 0 Å². The van der Waals surface area contributed by atoms with E-state index >= 15 is 0 Å². The third kappa shape index (κ3) is 2.82. The summed E-state index contributed by atoms with van der Waals surface area (Å²) in [5.41, 5.74) is 6.50. The van der Waals surface area contributed by atoms with Crippen molar-refractivity contribution in [1.82, 2.24) is 15.5 Å². The van der Waals surface area contributed by atoms with Crippen LogP contribution in [0.5, 0.6) is 0 Å². The van der Waals surface area contributed by atoms with E-state index in [2.05, 4.69) is 15.5 Å². The fraction of sp³-hybridized carbons (Fsp3) is 0.231. The third-order valence-electron chi connectivity index (χ3n) is 2.74. The molecule has 0 bridgehead atoms. The number of primary amides is 1. The van der Waals surface area contributed by atoms with Crippen molar-refractivity contribution in [2.24, 2.45) is 5.73 Å². The van der Waals surface area contributed by atoms with E-state index in [0.29, 0.717) is 5.56 Å². The maximum absolute atomic E-state index is 12.2. The monoisotopic (exact) mass is 274 g/mol. The maximum atomic E-state index is 12.2. The number of hydrogen-bond acceptors (Lipinski definition) is 5. The van der Waals surface area contributed by atoms with Gasteiger partial charge in [-0.2, -0.15) is 0 Å². The van der Waals surface area contributed by atoms with E-state index in [1.54, 1.807) is 32.0 Å². The topological polar surface area (TPSA) is 111 Å². The molecule has 0 unspecified atom stereocenters. The van der Waals surface area contributed by atoms with Crippen molar-refractivity contribution in [2.75, 3.05) is 0 Å². The van der Waals surface area contributed by atoms with E-state index in [1.165, 1.54) is 0 Å². The average Bonchev–Trinajstić information content (AvgIpc) is 2.82. The molecule has 1 heterocycles. The Morgan fingerprint density at radius 2 is 1.95 bits per heavy atom. The summed E-state index contributed by atoms with van der Waals surface area (Å²) in [5.74, 6) is -0.938. The molecule has 104 valence electrons. The number of aryl methyl sites for hydroxylation is 2.